The number of aromatic amines is 1. The number of nitrogens with one attached hydrogen (secondary N) is 2. The summed E-state index contributed by atoms with van der Waals surface area (Å²) < 4.78 is 19.0. The van der Waals surface area contributed by atoms with Crippen LogP contribution in [-0.2, 0) is 6.54 Å². The minimum atomic E-state index is -0.609. The molecule has 156 valence electrons. The maximum Gasteiger partial charge on any atom is 0.254 e. The van der Waals surface area contributed by atoms with E-state index < -0.39 is 11.7 Å². The number of benzene rings is 3. The van der Waals surface area contributed by atoms with Crippen molar-refractivity contribution in [2.75, 3.05) is 7.11 Å². The van der Waals surface area contributed by atoms with E-state index in [0.717, 1.165) is 34.0 Å². The van der Waals surface area contributed by atoms with Gasteiger partial charge >= 0.3 is 0 Å². The van der Waals surface area contributed by atoms with E-state index in [1.165, 1.54) is 18.2 Å². The summed E-state index contributed by atoms with van der Waals surface area (Å²) in [5.74, 6) is 0.411. The fourth-order valence-electron chi connectivity index (χ4n) is 3.11. The predicted molar refractivity (Wildman–Crippen MR) is 119 cm³/mol. The molecule has 4 aromatic rings. The normalized spacial score (nSPS) is 10.7. The number of amides is 1. The van der Waals surface area contributed by atoms with E-state index in [4.69, 9.17) is 16.3 Å². The number of halogens is 2. The van der Waals surface area contributed by atoms with E-state index in [9.17, 15) is 9.18 Å². The molecule has 0 aliphatic heterocycles. The highest BCUT2D eigenvalue weighted by molar-refractivity contribution is 6.31. The first-order valence-electron chi connectivity index (χ1n) is 9.55. The van der Waals surface area contributed by atoms with Gasteiger partial charge in [0.1, 0.15) is 17.4 Å². The summed E-state index contributed by atoms with van der Waals surface area (Å²) in [5, 5.41) is 3.01. The third-order valence-electron chi connectivity index (χ3n) is 4.83. The van der Waals surface area contributed by atoms with Crippen molar-refractivity contribution in [2.45, 2.75) is 6.54 Å². The van der Waals surface area contributed by atoms with Crippen LogP contribution in [0.25, 0.3) is 22.6 Å². The Morgan fingerprint density at radius 1 is 1.06 bits per heavy atom. The Morgan fingerprint density at radius 3 is 2.48 bits per heavy atom. The van der Waals surface area contributed by atoms with Crippen molar-refractivity contribution in [2.24, 2.45) is 0 Å². The highest BCUT2D eigenvalue weighted by Gasteiger charge is 2.12. The van der Waals surface area contributed by atoms with E-state index in [-0.39, 0.29) is 12.1 Å². The highest BCUT2D eigenvalue weighted by atomic mass is 35.5. The minimum absolute atomic E-state index is 0.0780. The average Bonchev–Trinajstić information content (AvgIpc) is 3.30. The first-order chi connectivity index (χ1) is 15.0. The van der Waals surface area contributed by atoms with Crippen LogP contribution in [0.1, 0.15) is 15.9 Å². The largest absolute Gasteiger partial charge is 0.497 e. The van der Waals surface area contributed by atoms with E-state index in [1.54, 1.807) is 13.3 Å². The van der Waals surface area contributed by atoms with Crippen molar-refractivity contribution >= 4 is 17.5 Å². The summed E-state index contributed by atoms with van der Waals surface area (Å²) in [5.41, 5.74) is 3.62. The number of nitrogens with zero attached hydrogens (tertiary/aromatic N) is 1. The lowest BCUT2D eigenvalue weighted by Gasteiger charge is -2.07. The summed E-state index contributed by atoms with van der Waals surface area (Å²) in [6.45, 7) is 0.264. The van der Waals surface area contributed by atoms with E-state index in [2.05, 4.69) is 15.3 Å². The van der Waals surface area contributed by atoms with Crippen LogP contribution in [0.5, 0.6) is 5.75 Å². The van der Waals surface area contributed by atoms with Crippen LogP contribution < -0.4 is 10.1 Å². The van der Waals surface area contributed by atoms with Gasteiger partial charge in [-0.15, -0.1) is 0 Å². The number of aromatic nitrogens is 2. The molecule has 0 aliphatic carbocycles. The van der Waals surface area contributed by atoms with Gasteiger partial charge in [-0.2, -0.15) is 0 Å². The van der Waals surface area contributed by atoms with Gasteiger partial charge in [0.25, 0.3) is 5.91 Å². The molecule has 7 heteroatoms. The predicted octanol–water partition coefficient (Wildman–Crippen LogP) is 5.47. The molecule has 4 rings (SSSR count). The van der Waals surface area contributed by atoms with Crippen molar-refractivity contribution in [1.29, 1.82) is 0 Å². The lowest BCUT2D eigenvalue weighted by Crippen LogP contribution is -2.23. The van der Waals surface area contributed by atoms with Crippen LogP contribution in [-0.4, -0.2) is 23.0 Å². The Balaban J connectivity index is 1.42. The van der Waals surface area contributed by atoms with Gasteiger partial charge in [0.2, 0.25) is 0 Å². The SMILES string of the molecule is COc1ccc(-c2cnc(-c3ccc(CNC(=O)c4cc(Cl)ccc4F)cc3)[nH]2)cc1. The molecule has 1 heterocycles. The molecule has 31 heavy (non-hydrogen) atoms. The zero-order valence-corrected chi connectivity index (χ0v) is 17.4. The number of methoxy groups -OCH3 is 1. The van der Waals surface area contributed by atoms with Crippen LogP contribution in [0.2, 0.25) is 5.02 Å². The van der Waals surface area contributed by atoms with Crippen molar-refractivity contribution < 1.29 is 13.9 Å². The number of carbonyl (C=O) groups is 1. The second kappa shape index (κ2) is 9.02. The maximum absolute atomic E-state index is 13.8. The first kappa shape index (κ1) is 20.6. The fourth-order valence-corrected chi connectivity index (χ4v) is 3.29. The van der Waals surface area contributed by atoms with Gasteiger partial charge in [-0.05, 0) is 53.6 Å². The monoisotopic (exact) mass is 435 g/mol. The molecule has 0 saturated carbocycles. The smallest absolute Gasteiger partial charge is 0.254 e. The number of carbonyl (C=O) groups excluding carboxylic acids is 1. The zero-order chi connectivity index (χ0) is 21.8. The third kappa shape index (κ3) is 4.75. The Morgan fingerprint density at radius 2 is 1.77 bits per heavy atom. The quantitative estimate of drug-likeness (QED) is 0.421. The van der Waals surface area contributed by atoms with Crippen molar-refractivity contribution in [3.05, 3.63) is 94.9 Å². The molecule has 0 atom stereocenters. The fraction of sp³-hybridized carbons (Fsp3) is 0.0833. The molecule has 3 aromatic carbocycles. The Bertz CT molecular complexity index is 1200. The molecule has 0 unspecified atom stereocenters. The van der Waals surface area contributed by atoms with Crippen LogP contribution >= 0.6 is 11.6 Å². The highest BCUT2D eigenvalue weighted by Crippen LogP contribution is 2.24. The molecule has 0 bridgehead atoms. The molecule has 2 N–H and O–H groups in total. The molecule has 0 radical (unpaired) electrons. The molecule has 1 aromatic heterocycles. The minimum Gasteiger partial charge on any atom is -0.497 e. The van der Waals surface area contributed by atoms with Crippen LogP contribution in [0.4, 0.5) is 4.39 Å². The van der Waals surface area contributed by atoms with Gasteiger partial charge in [-0.1, -0.05) is 35.9 Å². The zero-order valence-electron chi connectivity index (χ0n) is 16.7. The third-order valence-corrected chi connectivity index (χ3v) is 5.07. The van der Waals surface area contributed by atoms with Crippen molar-refractivity contribution in [3.63, 3.8) is 0 Å². The van der Waals surface area contributed by atoms with Gasteiger partial charge in [0.05, 0.1) is 24.6 Å². The topological polar surface area (TPSA) is 67.0 Å². The number of hydrogen-bond donors (Lipinski definition) is 2. The molecular weight excluding hydrogens is 417 g/mol. The molecule has 0 saturated heterocycles. The summed E-state index contributed by atoms with van der Waals surface area (Å²) in [6, 6.07) is 19.2. The Hall–Kier alpha value is -3.64. The standard InChI is InChI=1S/C24H19ClFN3O2/c1-31-19-9-6-16(7-10-19)22-14-27-23(29-22)17-4-2-15(3-5-17)13-28-24(30)20-12-18(25)8-11-21(20)26/h2-12,14H,13H2,1H3,(H,27,29)(H,28,30). The lowest BCUT2D eigenvalue weighted by molar-refractivity contribution is 0.0947. The number of ether oxygens (including phenoxy) is 1. The van der Waals surface area contributed by atoms with Gasteiger partial charge in [-0.25, -0.2) is 9.37 Å². The summed E-state index contributed by atoms with van der Waals surface area (Å²) in [6.07, 6.45) is 1.78. The van der Waals surface area contributed by atoms with Crippen molar-refractivity contribution in [1.82, 2.24) is 15.3 Å². The van der Waals surface area contributed by atoms with Gasteiger partial charge in [0, 0.05) is 17.1 Å². The Kier molecular flexibility index (Phi) is 6.00. The van der Waals surface area contributed by atoms with Crippen molar-refractivity contribution in [3.8, 4) is 28.4 Å². The average molecular weight is 436 g/mol. The van der Waals surface area contributed by atoms with Gasteiger partial charge in [0.15, 0.2) is 0 Å². The molecule has 0 fully saturated rings. The summed E-state index contributed by atoms with van der Waals surface area (Å²) >= 11 is 5.85. The van der Waals surface area contributed by atoms with E-state index in [0.29, 0.717) is 5.02 Å². The first-order valence-corrected chi connectivity index (χ1v) is 9.93. The van der Waals surface area contributed by atoms with E-state index >= 15 is 0 Å². The lowest BCUT2D eigenvalue weighted by atomic mass is 10.1. The molecular formula is C24H19ClFN3O2. The second-order valence-corrected chi connectivity index (χ2v) is 7.31. The van der Waals surface area contributed by atoms with Crippen LogP contribution in [0.3, 0.4) is 0 Å². The second-order valence-electron chi connectivity index (χ2n) is 6.88. The van der Waals surface area contributed by atoms with Crippen LogP contribution in [0.15, 0.2) is 72.9 Å². The molecule has 1 amide bonds. The molecule has 5 nitrogen and oxygen atoms in total. The number of H-pyrrole nitrogens is 1. The number of hydrogen-bond acceptors (Lipinski definition) is 3. The van der Waals surface area contributed by atoms with Gasteiger partial charge < -0.3 is 15.0 Å². The number of imidazole rings is 1. The maximum atomic E-state index is 13.8. The summed E-state index contributed by atoms with van der Waals surface area (Å²) in [4.78, 5) is 20.0. The Labute approximate surface area is 183 Å². The summed E-state index contributed by atoms with van der Waals surface area (Å²) in [7, 11) is 1.63. The molecule has 0 spiro atoms. The number of rotatable bonds is 6. The van der Waals surface area contributed by atoms with Gasteiger partial charge in [-0.3, -0.25) is 4.79 Å². The molecule has 0 aliphatic rings. The van der Waals surface area contributed by atoms with E-state index in [1.807, 2.05) is 48.5 Å². The van der Waals surface area contributed by atoms with Crippen LogP contribution in [0, 0.1) is 5.82 Å².